The third kappa shape index (κ3) is 3.63. The van der Waals surface area contributed by atoms with Gasteiger partial charge in [-0.15, -0.1) is 11.3 Å². The molecule has 0 aliphatic carbocycles. The first-order chi connectivity index (χ1) is 11.7. The van der Waals surface area contributed by atoms with Crippen LogP contribution in [0.5, 0.6) is 0 Å². The maximum Gasteiger partial charge on any atom is 0.274 e. The van der Waals surface area contributed by atoms with Crippen LogP contribution in [0.2, 0.25) is 0 Å². The monoisotopic (exact) mass is 344 g/mol. The number of thiazole rings is 1. The van der Waals surface area contributed by atoms with Gasteiger partial charge in [-0.1, -0.05) is 30.3 Å². The smallest absolute Gasteiger partial charge is 0.274 e. The van der Waals surface area contributed by atoms with Gasteiger partial charge < -0.3 is 10.2 Å². The van der Waals surface area contributed by atoms with Crippen LogP contribution in [0.15, 0.2) is 41.2 Å². The van der Waals surface area contributed by atoms with E-state index < -0.39 is 6.04 Å². The molecule has 1 aliphatic heterocycles. The number of carbonyl (C=O) groups is 2. The summed E-state index contributed by atoms with van der Waals surface area (Å²) in [6.07, 6.45) is 0. The molecular weight excluding hydrogens is 324 g/mol. The largest absolute Gasteiger partial charge is 0.357 e. The number of hydrogen-bond acceptors (Lipinski definition) is 5. The van der Waals surface area contributed by atoms with Crippen LogP contribution in [0.3, 0.4) is 0 Å². The quantitative estimate of drug-likeness (QED) is 0.906. The van der Waals surface area contributed by atoms with Crippen molar-refractivity contribution in [3.63, 3.8) is 0 Å². The van der Waals surface area contributed by atoms with Crippen LogP contribution in [0.4, 0.5) is 0 Å². The first kappa shape index (κ1) is 16.6. The first-order valence-corrected chi connectivity index (χ1v) is 8.80. The fourth-order valence-electron chi connectivity index (χ4n) is 2.92. The summed E-state index contributed by atoms with van der Waals surface area (Å²) < 4.78 is 0. The van der Waals surface area contributed by atoms with Crippen molar-refractivity contribution in [1.29, 1.82) is 0 Å². The van der Waals surface area contributed by atoms with Crippen LogP contribution in [0.1, 0.15) is 16.1 Å². The molecule has 6 nitrogen and oxygen atoms in total. The molecule has 1 N–H and O–H groups in total. The first-order valence-electron chi connectivity index (χ1n) is 7.86. The van der Waals surface area contributed by atoms with Gasteiger partial charge in [-0.2, -0.15) is 0 Å². The van der Waals surface area contributed by atoms with E-state index in [0.29, 0.717) is 18.8 Å². The molecule has 2 aromatic rings. The van der Waals surface area contributed by atoms with Gasteiger partial charge in [0.25, 0.3) is 5.91 Å². The average Bonchev–Trinajstić information content (AvgIpc) is 3.16. The molecule has 0 saturated carbocycles. The standard InChI is InChI=1S/C17H20N4O2S/c1-18-16(22)15-10-20(9-13-5-3-2-4-6-13)7-8-21(15)17(23)14-11-24-12-19-14/h2-6,11-12,15H,7-10H2,1H3,(H,18,22). The molecule has 7 heteroatoms. The van der Waals surface area contributed by atoms with Gasteiger partial charge in [-0.05, 0) is 5.56 Å². The van der Waals surface area contributed by atoms with Crippen LogP contribution >= 0.6 is 11.3 Å². The Bertz CT molecular complexity index is 690. The molecule has 0 bridgehead atoms. The summed E-state index contributed by atoms with van der Waals surface area (Å²) >= 11 is 1.38. The molecule has 24 heavy (non-hydrogen) atoms. The van der Waals surface area contributed by atoms with Gasteiger partial charge in [0, 0.05) is 38.6 Å². The van der Waals surface area contributed by atoms with Gasteiger partial charge in [-0.3, -0.25) is 14.5 Å². The Kier molecular flexibility index (Phi) is 5.22. The normalized spacial score (nSPS) is 18.4. The van der Waals surface area contributed by atoms with Gasteiger partial charge in [0.05, 0.1) is 5.51 Å². The predicted octanol–water partition coefficient (Wildman–Crippen LogP) is 1.22. The molecule has 0 radical (unpaired) electrons. The van der Waals surface area contributed by atoms with E-state index in [2.05, 4.69) is 27.3 Å². The highest BCUT2D eigenvalue weighted by Crippen LogP contribution is 2.17. The number of amides is 2. The lowest BCUT2D eigenvalue weighted by Crippen LogP contribution is -2.60. The minimum atomic E-state index is -0.498. The van der Waals surface area contributed by atoms with Gasteiger partial charge in [0.2, 0.25) is 5.91 Å². The highest BCUT2D eigenvalue weighted by molar-refractivity contribution is 7.07. The molecule has 2 heterocycles. The van der Waals surface area contributed by atoms with E-state index in [-0.39, 0.29) is 11.8 Å². The van der Waals surface area contributed by atoms with Crippen LogP contribution < -0.4 is 5.32 Å². The number of nitrogens with one attached hydrogen (secondary N) is 1. The summed E-state index contributed by atoms with van der Waals surface area (Å²) in [5, 5.41) is 4.39. The molecule has 1 aliphatic rings. The van der Waals surface area contributed by atoms with Crippen molar-refractivity contribution >= 4 is 23.2 Å². The van der Waals surface area contributed by atoms with E-state index >= 15 is 0 Å². The number of carbonyl (C=O) groups excluding carboxylic acids is 2. The lowest BCUT2D eigenvalue weighted by atomic mass is 10.1. The molecule has 1 atom stereocenters. The molecule has 1 aromatic heterocycles. The van der Waals surface area contributed by atoms with Crippen molar-refractivity contribution in [1.82, 2.24) is 20.1 Å². The Morgan fingerprint density at radius 2 is 2.08 bits per heavy atom. The second-order valence-electron chi connectivity index (χ2n) is 5.72. The second kappa shape index (κ2) is 7.55. The molecule has 3 rings (SSSR count). The van der Waals surface area contributed by atoms with E-state index in [1.165, 1.54) is 16.9 Å². The van der Waals surface area contributed by atoms with E-state index in [1.807, 2.05) is 18.2 Å². The lowest BCUT2D eigenvalue weighted by molar-refractivity contribution is -0.127. The Labute approximate surface area is 145 Å². The number of likely N-dealkylation sites (N-methyl/N-ethyl adjacent to an activating group) is 1. The van der Waals surface area contributed by atoms with E-state index in [4.69, 9.17) is 0 Å². The van der Waals surface area contributed by atoms with Crippen molar-refractivity contribution < 1.29 is 9.59 Å². The van der Waals surface area contributed by atoms with Crippen molar-refractivity contribution in [3.8, 4) is 0 Å². The molecule has 1 aromatic carbocycles. The van der Waals surface area contributed by atoms with Gasteiger partial charge in [0.1, 0.15) is 11.7 Å². The maximum absolute atomic E-state index is 12.6. The molecule has 1 unspecified atom stereocenters. The Balaban J connectivity index is 1.73. The Hall–Kier alpha value is -2.25. The van der Waals surface area contributed by atoms with Crippen LogP contribution in [-0.2, 0) is 11.3 Å². The molecular formula is C17H20N4O2S. The highest BCUT2D eigenvalue weighted by atomic mass is 32.1. The number of benzene rings is 1. The van der Waals surface area contributed by atoms with E-state index in [1.54, 1.807) is 22.8 Å². The zero-order valence-corrected chi connectivity index (χ0v) is 14.3. The number of aromatic nitrogens is 1. The summed E-state index contributed by atoms with van der Waals surface area (Å²) in [4.78, 5) is 32.9. The summed E-state index contributed by atoms with van der Waals surface area (Å²) in [7, 11) is 1.60. The van der Waals surface area contributed by atoms with E-state index in [0.717, 1.165) is 13.1 Å². The molecule has 1 saturated heterocycles. The van der Waals surface area contributed by atoms with Crippen molar-refractivity contribution in [2.75, 3.05) is 26.7 Å². The fraction of sp³-hybridized carbons (Fsp3) is 0.353. The maximum atomic E-state index is 12.6. The van der Waals surface area contributed by atoms with Gasteiger partial charge in [0.15, 0.2) is 0 Å². The summed E-state index contributed by atoms with van der Waals surface area (Å²) in [6, 6.07) is 9.65. The summed E-state index contributed by atoms with van der Waals surface area (Å²) in [5.41, 5.74) is 3.24. The molecule has 1 fully saturated rings. The Morgan fingerprint density at radius 1 is 1.29 bits per heavy atom. The zero-order chi connectivity index (χ0) is 16.9. The number of nitrogens with zero attached hydrogens (tertiary/aromatic N) is 3. The number of hydrogen-bond donors (Lipinski definition) is 1. The van der Waals surface area contributed by atoms with E-state index in [9.17, 15) is 9.59 Å². The van der Waals surface area contributed by atoms with Crippen molar-refractivity contribution in [2.45, 2.75) is 12.6 Å². The van der Waals surface area contributed by atoms with Crippen LogP contribution in [0, 0.1) is 0 Å². The van der Waals surface area contributed by atoms with Gasteiger partial charge >= 0.3 is 0 Å². The van der Waals surface area contributed by atoms with Crippen LogP contribution in [0.25, 0.3) is 0 Å². The van der Waals surface area contributed by atoms with Crippen LogP contribution in [-0.4, -0.2) is 59.3 Å². The SMILES string of the molecule is CNC(=O)C1CN(Cc2ccccc2)CCN1C(=O)c1cscn1. The highest BCUT2D eigenvalue weighted by Gasteiger charge is 2.35. The minimum absolute atomic E-state index is 0.142. The second-order valence-corrected chi connectivity index (χ2v) is 6.44. The summed E-state index contributed by atoms with van der Waals surface area (Å²) in [6.45, 7) is 2.54. The third-order valence-electron chi connectivity index (χ3n) is 4.17. The van der Waals surface area contributed by atoms with Crippen molar-refractivity contribution in [3.05, 3.63) is 52.5 Å². The topological polar surface area (TPSA) is 65.5 Å². The minimum Gasteiger partial charge on any atom is -0.357 e. The number of piperazine rings is 1. The number of rotatable bonds is 4. The Morgan fingerprint density at radius 3 is 2.75 bits per heavy atom. The fourth-order valence-corrected chi connectivity index (χ4v) is 3.45. The lowest BCUT2D eigenvalue weighted by Gasteiger charge is -2.40. The average molecular weight is 344 g/mol. The summed E-state index contributed by atoms with van der Waals surface area (Å²) in [5.74, 6) is -0.319. The van der Waals surface area contributed by atoms with Gasteiger partial charge in [-0.25, -0.2) is 4.98 Å². The third-order valence-corrected chi connectivity index (χ3v) is 4.76. The molecule has 2 amide bonds. The van der Waals surface area contributed by atoms with Crippen molar-refractivity contribution in [2.24, 2.45) is 0 Å². The molecule has 0 spiro atoms. The predicted molar refractivity (Wildman–Crippen MR) is 92.7 cm³/mol. The zero-order valence-electron chi connectivity index (χ0n) is 13.5. The molecule has 126 valence electrons.